The molecule has 1 heterocycles. The molecule has 0 saturated heterocycles. The second-order valence-electron chi connectivity index (χ2n) is 3.10. The number of fused-ring (bicyclic) bond motifs is 1. The van der Waals surface area contributed by atoms with Gasteiger partial charge in [-0.25, -0.2) is 0 Å². The summed E-state index contributed by atoms with van der Waals surface area (Å²) in [5.41, 5.74) is 0.479. The first-order valence-corrected chi connectivity index (χ1v) is 4.28. The summed E-state index contributed by atoms with van der Waals surface area (Å²) in [5.74, 6) is -0.455. The number of halogens is 3. The lowest BCUT2D eigenvalue weighted by Crippen LogP contribution is -2.16. The van der Waals surface area contributed by atoms with Crippen molar-refractivity contribution in [2.45, 2.75) is 6.36 Å². The van der Waals surface area contributed by atoms with Gasteiger partial charge in [-0.2, -0.15) is 0 Å². The van der Waals surface area contributed by atoms with Crippen LogP contribution in [0.4, 0.5) is 13.2 Å². The fourth-order valence-corrected chi connectivity index (χ4v) is 1.30. The first-order valence-electron chi connectivity index (χ1n) is 4.28. The van der Waals surface area contributed by atoms with Gasteiger partial charge in [0.2, 0.25) is 0 Å². The Morgan fingerprint density at radius 1 is 1.19 bits per heavy atom. The predicted octanol–water partition coefficient (Wildman–Crippen LogP) is 2.84. The molecule has 16 heavy (non-hydrogen) atoms. The number of hydrogen-bond acceptors (Lipinski definition) is 3. The zero-order valence-electron chi connectivity index (χ0n) is 7.82. The summed E-state index contributed by atoms with van der Waals surface area (Å²) in [6.07, 6.45) is -3.51. The molecule has 0 amide bonds. The molecular formula is C10H6F3NO2. The highest BCUT2D eigenvalue weighted by molar-refractivity contribution is 5.81. The van der Waals surface area contributed by atoms with E-state index in [4.69, 9.17) is 5.11 Å². The number of hydrogen-bond donors (Lipinski definition) is 1. The number of rotatable bonds is 1. The van der Waals surface area contributed by atoms with Gasteiger partial charge in [0.05, 0.1) is 11.7 Å². The van der Waals surface area contributed by atoms with Crippen molar-refractivity contribution < 1.29 is 23.0 Å². The maximum atomic E-state index is 11.9. The Kier molecular flexibility index (Phi) is 2.34. The molecule has 0 bridgehead atoms. The molecule has 0 aliphatic rings. The zero-order valence-corrected chi connectivity index (χ0v) is 7.82. The Labute approximate surface area is 88.1 Å². The van der Waals surface area contributed by atoms with Crippen molar-refractivity contribution in [2.75, 3.05) is 0 Å². The standard InChI is InChI=1S/C10H6F3NO2/c11-10(12,13)16-8-1-2-9-6(4-8)3-7(15)5-14-9/h1-5,15H. The Morgan fingerprint density at radius 2 is 1.94 bits per heavy atom. The lowest BCUT2D eigenvalue weighted by molar-refractivity contribution is -0.274. The normalized spacial score (nSPS) is 11.7. The molecule has 1 aromatic heterocycles. The van der Waals surface area contributed by atoms with Gasteiger partial charge in [0.25, 0.3) is 0 Å². The van der Waals surface area contributed by atoms with Gasteiger partial charge in [0.15, 0.2) is 0 Å². The minimum atomic E-state index is -4.72. The van der Waals surface area contributed by atoms with Crippen molar-refractivity contribution >= 4 is 10.9 Å². The van der Waals surface area contributed by atoms with Crippen LogP contribution in [0.2, 0.25) is 0 Å². The summed E-state index contributed by atoms with van der Waals surface area (Å²) in [6, 6.07) is 5.02. The van der Waals surface area contributed by atoms with E-state index in [1.54, 1.807) is 0 Å². The number of aromatic hydroxyl groups is 1. The van der Waals surface area contributed by atoms with E-state index in [-0.39, 0.29) is 11.5 Å². The van der Waals surface area contributed by atoms with E-state index in [1.165, 1.54) is 24.4 Å². The second kappa shape index (κ2) is 3.55. The van der Waals surface area contributed by atoms with Crippen molar-refractivity contribution in [3.8, 4) is 11.5 Å². The van der Waals surface area contributed by atoms with Gasteiger partial charge in [-0.3, -0.25) is 4.98 Å². The minimum absolute atomic E-state index is 0.114. The lowest BCUT2D eigenvalue weighted by Gasteiger charge is -2.09. The first-order chi connectivity index (χ1) is 7.44. The first kappa shape index (κ1) is 10.5. The van der Waals surface area contributed by atoms with Crippen LogP contribution in [0, 0.1) is 0 Å². The molecule has 84 valence electrons. The third kappa shape index (κ3) is 2.33. The van der Waals surface area contributed by atoms with Gasteiger partial charge >= 0.3 is 6.36 Å². The zero-order chi connectivity index (χ0) is 11.8. The summed E-state index contributed by atoms with van der Waals surface area (Å²) >= 11 is 0. The highest BCUT2D eigenvalue weighted by atomic mass is 19.4. The molecule has 0 spiro atoms. The van der Waals surface area contributed by atoms with E-state index in [0.29, 0.717) is 10.9 Å². The third-order valence-electron chi connectivity index (χ3n) is 1.87. The molecule has 0 aliphatic carbocycles. The third-order valence-corrected chi connectivity index (χ3v) is 1.87. The number of nitrogens with zero attached hydrogens (tertiary/aromatic N) is 1. The Morgan fingerprint density at radius 3 is 2.62 bits per heavy atom. The number of alkyl halides is 3. The summed E-state index contributed by atoms with van der Waals surface area (Å²) in [5, 5.41) is 9.50. The van der Waals surface area contributed by atoms with Gasteiger partial charge in [0, 0.05) is 5.39 Å². The van der Waals surface area contributed by atoms with E-state index in [1.807, 2.05) is 0 Å². The van der Waals surface area contributed by atoms with Crippen LogP contribution in [-0.2, 0) is 0 Å². The maximum Gasteiger partial charge on any atom is 0.573 e. The van der Waals surface area contributed by atoms with Gasteiger partial charge in [0.1, 0.15) is 11.5 Å². The van der Waals surface area contributed by atoms with Crippen LogP contribution >= 0.6 is 0 Å². The maximum absolute atomic E-state index is 11.9. The smallest absolute Gasteiger partial charge is 0.506 e. The molecular weight excluding hydrogens is 223 g/mol. The van der Waals surface area contributed by atoms with E-state index in [2.05, 4.69) is 9.72 Å². The summed E-state index contributed by atoms with van der Waals surface area (Å²) in [4.78, 5) is 3.83. The van der Waals surface area contributed by atoms with Crippen LogP contribution in [0.3, 0.4) is 0 Å². The van der Waals surface area contributed by atoms with Crippen molar-refractivity contribution in [2.24, 2.45) is 0 Å². The van der Waals surface area contributed by atoms with Gasteiger partial charge in [-0.15, -0.1) is 13.2 Å². The highest BCUT2D eigenvalue weighted by Gasteiger charge is 2.31. The van der Waals surface area contributed by atoms with Gasteiger partial charge < -0.3 is 9.84 Å². The molecule has 0 saturated carbocycles. The average Bonchev–Trinajstić information content (AvgIpc) is 2.14. The summed E-state index contributed by atoms with van der Waals surface area (Å²) in [7, 11) is 0. The Hall–Kier alpha value is -1.98. The number of aromatic nitrogens is 1. The predicted molar refractivity (Wildman–Crippen MR) is 50.1 cm³/mol. The van der Waals surface area contributed by atoms with Gasteiger partial charge in [-0.1, -0.05) is 0 Å². The molecule has 0 atom stereocenters. The van der Waals surface area contributed by atoms with Gasteiger partial charge in [-0.05, 0) is 24.3 Å². The SMILES string of the molecule is Oc1cnc2ccc(OC(F)(F)F)cc2c1. The van der Waals surface area contributed by atoms with Crippen LogP contribution in [0.15, 0.2) is 30.5 Å². The van der Waals surface area contributed by atoms with E-state index >= 15 is 0 Å². The molecule has 1 N–H and O–H groups in total. The van der Waals surface area contributed by atoms with E-state index < -0.39 is 6.36 Å². The topological polar surface area (TPSA) is 42.4 Å². The van der Waals surface area contributed by atoms with Crippen molar-refractivity contribution in [1.82, 2.24) is 4.98 Å². The molecule has 1 aromatic carbocycles. The average molecular weight is 229 g/mol. The van der Waals surface area contributed by atoms with Crippen LogP contribution in [-0.4, -0.2) is 16.5 Å². The largest absolute Gasteiger partial charge is 0.573 e. The fourth-order valence-electron chi connectivity index (χ4n) is 1.30. The molecule has 6 heteroatoms. The van der Waals surface area contributed by atoms with E-state index in [0.717, 1.165) is 6.07 Å². The molecule has 0 fully saturated rings. The Balaban J connectivity index is 2.43. The number of benzene rings is 1. The monoisotopic (exact) mass is 229 g/mol. The minimum Gasteiger partial charge on any atom is -0.506 e. The van der Waals surface area contributed by atoms with Crippen LogP contribution in [0.25, 0.3) is 10.9 Å². The summed E-state index contributed by atoms with van der Waals surface area (Å²) in [6.45, 7) is 0. The molecule has 0 unspecified atom stereocenters. The fraction of sp³-hybridized carbons (Fsp3) is 0.100. The molecule has 2 aromatic rings. The van der Waals surface area contributed by atoms with E-state index in [9.17, 15) is 13.2 Å². The van der Waals surface area contributed by atoms with Crippen LogP contribution < -0.4 is 4.74 Å². The molecule has 0 aliphatic heterocycles. The quantitative estimate of drug-likeness (QED) is 0.817. The van der Waals surface area contributed by atoms with Crippen molar-refractivity contribution in [3.05, 3.63) is 30.5 Å². The molecule has 2 rings (SSSR count). The van der Waals surface area contributed by atoms with Crippen molar-refractivity contribution in [1.29, 1.82) is 0 Å². The lowest BCUT2D eigenvalue weighted by atomic mass is 10.2. The van der Waals surface area contributed by atoms with Crippen LogP contribution in [0.5, 0.6) is 11.5 Å². The number of pyridine rings is 1. The van der Waals surface area contributed by atoms with Crippen LogP contribution in [0.1, 0.15) is 0 Å². The van der Waals surface area contributed by atoms with Crippen molar-refractivity contribution in [3.63, 3.8) is 0 Å². The second-order valence-corrected chi connectivity index (χ2v) is 3.10. The Bertz CT molecular complexity index is 525. The highest BCUT2D eigenvalue weighted by Crippen LogP contribution is 2.26. The molecule has 3 nitrogen and oxygen atoms in total. The molecule has 0 radical (unpaired) electrons. The summed E-state index contributed by atoms with van der Waals surface area (Å²) < 4.78 is 39.5. The number of ether oxygens (including phenoxy) is 1.